The summed E-state index contributed by atoms with van der Waals surface area (Å²) in [6, 6.07) is 4.23. The van der Waals surface area contributed by atoms with Crippen molar-refractivity contribution in [3.63, 3.8) is 0 Å². The molecule has 4 nitrogen and oxygen atoms in total. The van der Waals surface area contributed by atoms with Crippen molar-refractivity contribution in [2.45, 2.75) is 183 Å². The number of hydrogen-bond donors (Lipinski definition) is 1. The van der Waals surface area contributed by atoms with E-state index in [1.165, 1.54) is 57.8 Å². The molecule has 0 atom stereocenters. The van der Waals surface area contributed by atoms with Crippen LogP contribution in [-0.2, 0) is 20.4 Å². The molecule has 0 saturated heterocycles. The first-order chi connectivity index (χ1) is 21.8. The van der Waals surface area contributed by atoms with Crippen LogP contribution in [0.3, 0.4) is 0 Å². The number of phenols is 1. The number of nitrogens with zero attached hydrogens (tertiary/aromatic N) is 1. The van der Waals surface area contributed by atoms with E-state index in [1.807, 2.05) is 0 Å². The van der Waals surface area contributed by atoms with Gasteiger partial charge in [-0.3, -0.25) is 9.59 Å². The lowest BCUT2D eigenvalue weighted by molar-refractivity contribution is -0.119. The average Bonchev–Trinajstić information content (AvgIpc) is 2.91. The molecule has 0 saturated carbocycles. The van der Waals surface area contributed by atoms with Crippen molar-refractivity contribution >= 4 is 11.6 Å². The van der Waals surface area contributed by atoms with E-state index in [0.717, 1.165) is 65.0 Å². The fourth-order valence-electron chi connectivity index (χ4n) is 8.38. The van der Waals surface area contributed by atoms with E-state index in [9.17, 15) is 14.7 Å². The number of carbonyl (C=O) groups is 2. The molecule has 0 fully saturated rings. The van der Waals surface area contributed by atoms with Crippen molar-refractivity contribution in [2.75, 3.05) is 6.54 Å². The van der Waals surface area contributed by atoms with Crippen LogP contribution in [0.25, 0.3) is 0 Å². The summed E-state index contributed by atoms with van der Waals surface area (Å²) < 4.78 is 0. The average molecular weight is 646 g/mol. The third-order valence-corrected chi connectivity index (χ3v) is 10.8. The van der Waals surface area contributed by atoms with Crippen LogP contribution in [0.1, 0.15) is 189 Å². The van der Waals surface area contributed by atoms with Crippen LogP contribution < -0.4 is 0 Å². The van der Waals surface area contributed by atoms with Gasteiger partial charge in [-0.25, -0.2) is 0 Å². The second-order valence-electron chi connectivity index (χ2n) is 18.8. The second-order valence-corrected chi connectivity index (χ2v) is 18.8. The summed E-state index contributed by atoms with van der Waals surface area (Å²) in [5.41, 5.74) is 5.85. The van der Waals surface area contributed by atoms with Gasteiger partial charge in [0.05, 0.1) is 0 Å². The Bertz CT molecular complexity index is 1300. The molecule has 262 valence electrons. The molecule has 1 N–H and O–H groups in total. The summed E-state index contributed by atoms with van der Waals surface area (Å²) >= 11 is 0. The standard InChI is InChI=1S/C43H67NO3/c1-12-13-14-15-16-17-18-19-20-21-22-44-32-25-42(8,9)27-34(45)37(32)36(38-33(44)26-43(10,11)28-35(38)46)29-23-30(40(2,3)4)39(47)31(24-29)41(5,6)7/h23-24,36,47H,12-22,25-28H2,1-11H3. The highest BCUT2D eigenvalue weighted by Gasteiger charge is 2.49. The number of carbonyl (C=O) groups excluding carboxylic acids is 2. The summed E-state index contributed by atoms with van der Waals surface area (Å²) in [5.74, 6) is 0.309. The van der Waals surface area contributed by atoms with Crippen LogP contribution >= 0.6 is 0 Å². The molecule has 0 aromatic heterocycles. The third-order valence-electron chi connectivity index (χ3n) is 10.8. The quantitative estimate of drug-likeness (QED) is 0.230. The number of hydrogen-bond acceptors (Lipinski definition) is 4. The zero-order valence-corrected chi connectivity index (χ0v) is 32.0. The smallest absolute Gasteiger partial charge is 0.162 e. The van der Waals surface area contributed by atoms with E-state index in [-0.39, 0.29) is 39.1 Å². The molecule has 1 aliphatic heterocycles. The number of allylic oxidation sites excluding steroid dienone is 4. The normalized spacial score (nSPS) is 20.2. The van der Waals surface area contributed by atoms with E-state index >= 15 is 0 Å². The van der Waals surface area contributed by atoms with Crippen LogP contribution in [0.2, 0.25) is 0 Å². The lowest BCUT2D eigenvalue weighted by Gasteiger charge is -2.49. The van der Waals surface area contributed by atoms with Crippen molar-refractivity contribution in [1.29, 1.82) is 0 Å². The highest BCUT2D eigenvalue weighted by molar-refractivity contribution is 6.06. The van der Waals surface area contributed by atoms with Crippen LogP contribution in [0.15, 0.2) is 34.7 Å². The summed E-state index contributed by atoms with van der Waals surface area (Å²) in [7, 11) is 0. The van der Waals surface area contributed by atoms with E-state index in [2.05, 4.69) is 93.2 Å². The van der Waals surface area contributed by atoms with Gasteiger partial charge in [-0.05, 0) is 57.6 Å². The van der Waals surface area contributed by atoms with Gasteiger partial charge in [-0.2, -0.15) is 0 Å². The molecule has 3 aliphatic rings. The molecule has 0 radical (unpaired) electrons. The minimum absolute atomic E-state index is 0.134. The molecule has 0 amide bonds. The zero-order chi connectivity index (χ0) is 34.9. The van der Waals surface area contributed by atoms with Crippen molar-refractivity contribution in [3.05, 3.63) is 51.4 Å². The fourth-order valence-corrected chi connectivity index (χ4v) is 8.38. The van der Waals surface area contributed by atoms with Crippen molar-refractivity contribution in [2.24, 2.45) is 10.8 Å². The number of benzene rings is 1. The second kappa shape index (κ2) is 14.2. The van der Waals surface area contributed by atoms with Gasteiger partial charge in [0.2, 0.25) is 0 Å². The van der Waals surface area contributed by atoms with Gasteiger partial charge < -0.3 is 10.0 Å². The molecule has 1 aromatic rings. The Labute approximate surface area is 287 Å². The molecule has 0 spiro atoms. The molecular weight excluding hydrogens is 578 g/mol. The first-order valence-electron chi connectivity index (χ1n) is 19.0. The number of rotatable bonds is 12. The number of phenolic OH excluding ortho intramolecular Hbond substituents is 1. The molecule has 1 aromatic carbocycles. The minimum Gasteiger partial charge on any atom is -0.507 e. The SMILES string of the molecule is CCCCCCCCCCCCN1C2=C(C(=O)CC(C)(C)C2)C(c2cc(C(C)(C)C)c(O)c(C(C)(C)C)c2)C2=C1CC(C)(C)CC2=O. The predicted octanol–water partition coefficient (Wildman–Crippen LogP) is 11.6. The van der Waals surface area contributed by atoms with Gasteiger partial charge in [0.15, 0.2) is 11.6 Å². The van der Waals surface area contributed by atoms with Crippen LogP contribution in [0.4, 0.5) is 0 Å². The van der Waals surface area contributed by atoms with E-state index in [4.69, 9.17) is 0 Å². The summed E-state index contributed by atoms with van der Waals surface area (Å²) in [6.07, 6.45) is 15.5. The number of Topliss-reactive ketones (excluding diaryl/α,β-unsaturated/α-hetero) is 2. The first-order valence-corrected chi connectivity index (χ1v) is 19.0. The molecule has 0 bridgehead atoms. The monoisotopic (exact) mass is 646 g/mol. The van der Waals surface area contributed by atoms with E-state index in [1.54, 1.807) is 0 Å². The van der Waals surface area contributed by atoms with E-state index in [0.29, 0.717) is 18.6 Å². The van der Waals surface area contributed by atoms with Crippen molar-refractivity contribution in [3.8, 4) is 5.75 Å². The Balaban J connectivity index is 1.79. The van der Waals surface area contributed by atoms with Crippen LogP contribution in [0, 0.1) is 10.8 Å². The Hall–Kier alpha value is -2.36. The van der Waals surface area contributed by atoms with Crippen molar-refractivity contribution in [1.82, 2.24) is 4.90 Å². The van der Waals surface area contributed by atoms with Crippen LogP contribution in [-0.4, -0.2) is 28.1 Å². The lowest BCUT2D eigenvalue weighted by atomic mass is 9.63. The van der Waals surface area contributed by atoms with Gasteiger partial charge in [-0.1, -0.05) is 146 Å². The Kier molecular flexibility index (Phi) is 11.4. The first kappa shape index (κ1) is 37.5. The number of ketones is 2. The predicted molar refractivity (Wildman–Crippen MR) is 197 cm³/mol. The number of aromatic hydroxyl groups is 1. The largest absolute Gasteiger partial charge is 0.507 e. The number of unbranched alkanes of at least 4 members (excludes halogenated alkanes) is 9. The lowest BCUT2D eigenvalue weighted by Crippen LogP contribution is -2.44. The maximum atomic E-state index is 14.4. The maximum absolute atomic E-state index is 14.4. The Morgan fingerprint density at radius 1 is 0.660 bits per heavy atom. The van der Waals surface area contributed by atoms with Gasteiger partial charge in [0.1, 0.15) is 5.75 Å². The maximum Gasteiger partial charge on any atom is 0.162 e. The third kappa shape index (κ3) is 8.63. The van der Waals surface area contributed by atoms with Gasteiger partial charge >= 0.3 is 0 Å². The zero-order valence-electron chi connectivity index (χ0n) is 32.0. The van der Waals surface area contributed by atoms with Crippen LogP contribution in [0.5, 0.6) is 5.75 Å². The fraction of sp³-hybridized carbons (Fsp3) is 0.721. The molecule has 2 aliphatic carbocycles. The molecule has 1 heterocycles. The highest BCUT2D eigenvalue weighted by atomic mass is 16.3. The summed E-state index contributed by atoms with van der Waals surface area (Å²) in [6.45, 7) is 24.8. The van der Waals surface area contributed by atoms with E-state index < -0.39 is 0 Å². The van der Waals surface area contributed by atoms with Gasteiger partial charge in [-0.15, -0.1) is 0 Å². The summed E-state index contributed by atoms with van der Waals surface area (Å²) in [5, 5.41) is 11.6. The Morgan fingerprint density at radius 2 is 1.04 bits per heavy atom. The molecule has 47 heavy (non-hydrogen) atoms. The summed E-state index contributed by atoms with van der Waals surface area (Å²) in [4.78, 5) is 31.2. The molecule has 0 unspecified atom stereocenters. The molecule has 4 heteroatoms. The highest BCUT2D eigenvalue weighted by Crippen LogP contribution is 2.55. The van der Waals surface area contributed by atoms with Gasteiger partial charge in [0.25, 0.3) is 0 Å². The molecular formula is C43H67NO3. The Morgan fingerprint density at radius 3 is 1.43 bits per heavy atom. The minimum atomic E-state index is -0.390. The van der Waals surface area contributed by atoms with Crippen molar-refractivity contribution < 1.29 is 14.7 Å². The van der Waals surface area contributed by atoms with Gasteiger partial charge in [0, 0.05) is 47.8 Å². The topological polar surface area (TPSA) is 57.6 Å². The molecule has 4 rings (SSSR count).